The minimum atomic E-state index is -3.65. The number of amides is 1. The van der Waals surface area contributed by atoms with Crippen LogP contribution in [0.5, 0.6) is 0 Å². The summed E-state index contributed by atoms with van der Waals surface area (Å²) in [5, 5.41) is 1.20. The Balaban J connectivity index is 1.10. The SMILES string of the molecule is C[C@H]1CCc2c(sc3ncnc(N4CCN(C(=O)c5ccc(S(=O)(=O)NC[C@@H]6CCCO6)cc5)CC4)c23)C1. The van der Waals surface area contributed by atoms with Crippen LogP contribution in [-0.2, 0) is 27.6 Å². The molecule has 6 rings (SSSR count). The number of fused-ring (bicyclic) bond motifs is 3. The third-order valence-electron chi connectivity index (χ3n) is 7.87. The summed E-state index contributed by atoms with van der Waals surface area (Å²) in [6.07, 6.45) is 6.79. The van der Waals surface area contributed by atoms with Gasteiger partial charge in [-0.1, -0.05) is 6.92 Å². The Bertz CT molecular complexity index is 1430. The van der Waals surface area contributed by atoms with Crippen LogP contribution >= 0.6 is 11.3 Å². The Hall–Kier alpha value is -2.60. The molecule has 202 valence electrons. The maximum absolute atomic E-state index is 13.2. The standard InChI is InChI=1S/C27H33N5O4S2/c1-18-4-9-22-23(15-18)37-26-24(22)25(28-17-29-26)31-10-12-32(13-11-31)27(33)19-5-7-21(8-6-19)38(34,35)30-16-20-3-2-14-36-20/h5-8,17-18,20,30H,2-4,9-16H2,1H3/t18-,20-/m0/s1. The lowest BCUT2D eigenvalue weighted by Crippen LogP contribution is -2.49. The van der Waals surface area contributed by atoms with E-state index in [-0.39, 0.29) is 23.5 Å². The molecule has 0 spiro atoms. The largest absolute Gasteiger partial charge is 0.377 e. The van der Waals surface area contributed by atoms with E-state index in [1.165, 1.54) is 34.4 Å². The van der Waals surface area contributed by atoms with Crippen LogP contribution < -0.4 is 9.62 Å². The van der Waals surface area contributed by atoms with Gasteiger partial charge in [0.1, 0.15) is 17.0 Å². The fourth-order valence-electron chi connectivity index (χ4n) is 5.67. The van der Waals surface area contributed by atoms with Gasteiger partial charge in [-0.2, -0.15) is 0 Å². The average Bonchev–Trinajstić information content (AvgIpc) is 3.59. The number of nitrogens with one attached hydrogen (secondary N) is 1. The summed E-state index contributed by atoms with van der Waals surface area (Å²) in [5.74, 6) is 1.60. The molecule has 2 fully saturated rings. The molecule has 1 amide bonds. The highest BCUT2D eigenvalue weighted by Crippen LogP contribution is 2.40. The maximum Gasteiger partial charge on any atom is 0.253 e. The van der Waals surface area contributed by atoms with Crippen molar-refractivity contribution < 1.29 is 17.9 Å². The summed E-state index contributed by atoms with van der Waals surface area (Å²) in [4.78, 5) is 29.2. The second-order valence-corrected chi connectivity index (χ2v) is 13.4. The van der Waals surface area contributed by atoms with E-state index in [2.05, 4.69) is 26.5 Å². The van der Waals surface area contributed by atoms with Crippen LogP contribution in [-0.4, -0.2) is 74.6 Å². The summed E-state index contributed by atoms with van der Waals surface area (Å²) in [6.45, 7) is 5.80. The molecule has 2 aliphatic heterocycles. The van der Waals surface area contributed by atoms with Crippen LogP contribution in [0.2, 0.25) is 0 Å². The number of aryl methyl sites for hydroxylation is 1. The number of anilines is 1. The van der Waals surface area contributed by atoms with Gasteiger partial charge in [0.25, 0.3) is 5.91 Å². The number of thiophene rings is 1. The Morgan fingerprint density at radius 1 is 1.13 bits per heavy atom. The lowest BCUT2D eigenvalue weighted by atomic mass is 9.89. The molecule has 9 nitrogen and oxygen atoms in total. The fourth-order valence-corrected chi connectivity index (χ4v) is 8.08. The molecule has 3 aromatic rings. The van der Waals surface area contributed by atoms with Crippen molar-refractivity contribution in [2.45, 2.75) is 50.0 Å². The third-order valence-corrected chi connectivity index (χ3v) is 10.5. The van der Waals surface area contributed by atoms with Crippen LogP contribution in [0.1, 0.15) is 47.0 Å². The van der Waals surface area contributed by atoms with Gasteiger partial charge in [0.05, 0.1) is 16.4 Å². The van der Waals surface area contributed by atoms with Crippen LogP contribution in [0.4, 0.5) is 5.82 Å². The van der Waals surface area contributed by atoms with Gasteiger partial charge in [-0.15, -0.1) is 11.3 Å². The summed E-state index contributed by atoms with van der Waals surface area (Å²) in [5.41, 5.74) is 1.90. The Kier molecular flexibility index (Phi) is 7.10. The van der Waals surface area contributed by atoms with Gasteiger partial charge in [0.2, 0.25) is 10.0 Å². The second-order valence-electron chi connectivity index (χ2n) is 10.5. The predicted molar refractivity (Wildman–Crippen MR) is 147 cm³/mol. The molecule has 2 saturated heterocycles. The van der Waals surface area contributed by atoms with E-state index in [4.69, 9.17) is 4.74 Å². The number of aromatic nitrogens is 2. The van der Waals surface area contributed by atoms with Crippen LogP contribution in [0.25, 0.3) is 10.2 Å². The lowest BCUT2D eigenvalue weighted by Gasteiger charge is -2.36. The van der Waals surface area contributed by atoms with E-state index in [9.17, 15) is 13.2 Å². The number of carbonyl (C=O) groups is 1. The molecule has 0 radical (unpaired) electrons. The monoisotopic (exact) mass is 555 g/mol. The first-order chi connectivity index (χ1) is 18.4. The van der Waals surface area contributed by atoms with E-state index >= 15 is 0 Å². The fraction of sp³-hybridized carbons (Fsp3) is 0.519. The summed E-state index contributed by atoms with van der Waals surface area (Å²) in [7, 11) is -3.65. The molecule has 2 aromatic heterocycles. The van der Waals surface area contributed by atoms with Crippen LogP contribution in [0.15, 0.2) is 35.5 Å². The van der Waals surface area contributed by atoms with Crippen molar-refractivity contribution >= 4 is 43.3 Å². The Morgan fingerprint density at radius 2 is 1.92 bits per heavy atom. The van der Waals surface area contributed by atoms with Crippen molar-refractivity contribution in [3.05, 3.63) is 46.6 Å². The minimum absolute atomic E-state index is 0.0726. The number of hydrogen-bond donors (Lipinski definition) is 1. The van der Waals surface area contributed by atoms with Crippen LogP contribution in [0, 0.1) is 5.92 Å². The van der Waals surface area contributed by atoms with Crippen molar-refractivity contribution in [2.24, 2.45) is 5.92 Å². The number of hydrogen-bond acceptors (Lipinski definition) is 8. The molecule has 0 saturated carbocycles. The molecular formula is C27H33N5O4S2. The molecule has 1 aromatic carbocycles. The smallest absolute Gasteiger partial charge is 0.253 e. The summed E-state index contributed by atoms with van der Waals surface area (Å²) < 4.78 is 33.4. The first-order valence-corrected chi connectivity index (χ1v) is 15.7. The van der Waals surface area contributed by atoms with Gasteiger partial charge >= 0.3 is 0 Å². The lowest BCUT2D eigenvalue weighted by molar-refractivity contribution is 0.0746. The van der Waals surface area contributed by atoms with Crippen molar-refractivity contribution in [3.8, 4) is 0 Å². The minimum Gasteiger partial charge on any atom is -0.377 e. The van der Waals surface area contributed by atoms with Crippen molar-refractivity contribution in [2.75, 3.05) is 44.2 Å². The molecule has 4 heterocycles. The zero-order valence-electron chi connectivity index (χ0n) is 21.6. The molecule has 2 atom stereocenters. The van der Waals surface area contributed by atoms with Crippen molar-refractivity contribution in [1.82, 2.24) is 19.6 Å². The molecule has 3 aliphatic rings. The van der Waals surface area contributed by atoms with Crippen molar-refractivity contribution in [3.63, 3.8) is 0 Å². The van der Waals surface area contributed by atoms with Crippen molar-refractivity contribution in [1.29, 1.82) is 0 Å². The van der Waals surface area contributed by atoms with Gasteiger partial charge in [0, 0.05) is 49.8 Å². The summed E-state index contributed by atoms with van der Waals surface area (Å²) >= 11 is 1.80. The van der Waals surface area contributed by atoms with Gasteiger partial charge in [-0.3, -0.25) is 4.79 Å². The maximum atomic E-state index is 13.2. The van der Waals surface area contributed by atoms with E-state index in [0.29, 0.717) is 44.3 Å². The highest BCUT2D eigenvalue weighted by molar-refractivity contribution is 7.89. The number of sulfonamides is 1. The Morgan fingerprint density at radius 3 is 2.66 bits per heavy atom. The number of nitrogens with zero attached hydrogens (tertiary/aromatic N) is 4. The van der Waals surface area contributed by atoms with E-state index in [1.807, 2.05) is 4.90 Å². The number of benzene rings is 1. The molecule has 38 heavy (non-hydrogen) atoms. The quantitative estimate of drug-likeness (QED) is 0.498. The molecule has 1 N–H and O–H groups in total. The van der Waals surface area contributed by atoms with E-state index in [1.54, 1.807) is 29.8 Å². The average molecular weight is 556 g/mol. The van der Waals surface area contributed by atoms with Gasteiger partial charge in [0.15, 0.2) is 0 Å². The van der Waals surface area contributed by atoms with Gasteiger partial charge in [-0.05, 0) is 67.9 Å². The number of ether oxygens (including phenoxy) is 1. The van der Waals surface area contributed by atoms with E-state index < -0.39 is 10.0 Å². The topological polar surface area (TPSA) is 105 Å². The molecule has 1 aliphatic carbocycles. The van der Waals surface area contributed by atoms with E-state index in [0.717, 1.165) is 36.3 Å². The van der Waals surface area contributed by atoms with Gasteiger partial charge < -0.3 is 14.5 Å². The number of rotatable bonds is 6. The van der Waals surface area contributed by atoms with Gasteiger partial charge in [-0.25, -0.2) is 23.1 Å². The first-order valence-electron chi connectivity index (χ1n) is 13.4. The predicted octanol–water partition coefficient (Wildman–Crippen LogP) is 3.24. The normalized spacial score (nSPS) is 22.1. The zero-order valence-corrected chi connectivity index (χ0v) is 23.2. The molecule has 0 unspecified atom stereocenters. The highest BCUT2D eigenvalue weighted by Gasteiger charge is 2.28. The molecule has 11 heteroatoms. The summed E-state index contributed by atoms with van der Waals surface area (Å²) in [6, 6.07) is 6.20. The number of carbonyl (C=O) groups excluding carboxylic acids is 1. The number of piperazine rings is 1. The molecule has 0 bridgehead atoms. The first kappa shape index (κ1) is 25.7. The zero-order chi connectivity index (χ0) is 26.3. The third kappa shape index (κ3) is 5.04. The molecular weight excluding hydrogens is 522 g/mol. The highest BCUT2D eigenvalue weighted by atomic mass is 32.2. The Labute approximate surface area is 227 Å². The van der Waals surface area contributed by atoms with Crippen LogP contribution in [0.3, 0.4) is 0 Å². The second kappa shape index (κ2) is 10.5.